The molecule has 1 N–H and O–H groups in total. The molecular weight excluding hydrogens is 277 g/mol. The van der Waals surface area contributed by atoms with Crippen LogP contribution in [0.25, 0.3) is 0 Å². The van der Waals surface area contributed by atoms with Gasteiger partial charge in [0.05, 0.1) is 17.3 Å². The summed E-state index contributed by atoms with van der Waals surface area (Å²) in [6.45, 7) is 3.74. The van der Waals surface area contributed by atoms with Crippen LogP contribution in [0.2, 0.25) is 5.02 Å². The van der Waals surface area contributed by atoms with Crippen LogP contribution in [-0.2, 0) is 4.74 Å². The topological polar surface area (TPSA) is 21.3 Å². The third kappa shape index (κ3) is 4.41. The van der Waals surface area contributed by atoms with E-state index in [-0.39, 0.29) is 0 Å². The number of nitrogens with one attached hydrogen (secondary N) is 1. The highest BCUT2D eigenvalue weighted by Gasteiger charge is 2.04. The molecule has 0 radical (unpaired) electrons. The third-order valence-electron chi connectivity index (χ3n) is 2.02. The number of hydrogen-bond donors (Lipinski definition) is 1. The van der Waals surface area contributed by atoms with Crippen LogP contribution in [0.3, 0.4) is 0 Å². The van der Waals surface area contributed by atoms with Crippen molar-refractivity contribution < 1.29 is 4.74 Å². The number of halogens is 2. The van der Waals surface area contributed by atoms with Crippen LogP contribution in [0.5, 0.6) is 0 Å². The molecule has 0 aliphatic heterocycles. The Bertz CT molecular complexity index is 319. The van der Waals surface area contributed by atoms with Gasteiger partial charge in [-0.3, -0.25) is 0 Å². The molecule has 84 valence electrons. The van der Waals surface area contributed by atoms with E-state index in [0.29, 0.717) is 5.92 Å². The molecule has 0 spiro atoms. The van der Waals surface area contributed by atoms with Gasteiger partial charge in [0.1, 0.15) is 0 Å². The van der Waals surface area contributed by atoms with Crippen molar-refractivity contribution in [3.8, 4) is 0 Å². The number of methoxy groups -OCH3 is 1. The summed E-state index contributed by atoms with van der Waals surface area (Å²) in [4.78, 5) is 0. The van der Waals surface area contributed by atoms with Gasteiger partial charge in [0.2, 0.25) is 0 Å². The lowest BCUT2D eigenvalue weighted by Gasteiger charge is -2.13. The quantitative estimate of drug-likeness (QED) is 0.891. The number of anilines is 1. The van der Waals surface area contributed by atoms with E-state index in [9.17, 15) is 0 Å². The molecule has 4 heteroatoms. The van der Waals surface area contributed by atoms with Gasteiger partial charge in [-0.05, 0) is 24.1 Å². The van der Waals surface area contributed by atoms with E-state index in [2.05, 4.69) is 28.2 Å². The highest BCUT2D eigenvalue weighted by Crippen LogP contribution is 2.25. The molecule has 0 fully saturated rings. The fourth-order valence-corrected chi connectivity index (χ4v) is 2.00. The largest absolute Gasteiger partial charge is 0.384 e. The van der Waals surface area contributed by atoms with Gasteiger partial charge >= 0.3 is 0 Å². The van der Waals surface area contributed by atoms with Crippen molar-refractivity contribution in [1.82, 2.24) is 0 Å². The van der Waals surface area contributed by atoms with Gasteiger partial charge in [-0.2, -0.15) is 0 Å². The molecule has 0 saturated heterocycles. The molecule has 0 amide bonds. The molecule has 1 atom stereocenters. The molecule has 0 heterocycles. The van der Waals surface area contributed by atoms with Gasteiger partial charge in [-0.15, -0.1) is 0 Å². The van der Waals surface area contributed by atoms with Crippen molar-refractivity contribution >= 4 is 33.2 Å². The molecule has 1 aromatic rings. The Morgan fingerprint density at radius 1 is 1.53 bits per heavy atom. The molecule has 1 unspecified atom stereocenters. The maximum atomic E-state index is 6.07. The number of rotatable bonds is 5. The predicted molar refractivity (Wildman–Crippen MR) is 68.7 cm³/mol. The lowest BCUT2D eigenvalue weighted by atomic mass is 10.2. The predicted octanol–water partition coefficient (Wildman–Crippen LogP) is 3.80. The summed E-state index contributed by atoms with van der Waals surface area (Å²) >= 11 is 9.44. The smallest absolute Gasteiger partial charge is 0.0648 e. The zero-order chi connectivity index (χ0) is 11.3. The summed E-state index contributed by atoms with van der Waals surface area (Å²) in [5, 5.41) is 4.02. The van der Waals surface area contributed by atoms with E-state index in [1.165, 1.54) is 0 Å². The zero-order valence-electron chi connectivity index (χ0n) is 8.89. The first-order valence-electron chi connectivity index (χ1n) is 4.81. The van der Waals surface area contributed by atoms with Gasteiger partial charge < -0.3 is 10.1 Å². The SMILES string of the molecule is COCC(C)CNc1ccc(Br)cc1Cl. The van der Waals surface area contributed by atoms with Gasteiger partial charge in [-0.25, -0.2) is 0 Å². The van der Waals surface area contributed by atoms with E-state index in [1.54, 1.807) is 7.11 Å². The summed E-state index contributed by atoms with van der Waals surface area (Å²) in [6.07, 6.45) is 0. The van der Waals surface area contributed by atoms with Crippen molar-refractivity contribution in [2.75, 3.05) is 25.6 Å². The lowest BCUT2D eigenvalue weighted by Crippen LogP contribution is -2.15. The van der Waals surface area contributed by atoms with Crippen LogP contribution >= 0.6 is 27.5 Å². The van der Waals surface area contributed by atoms with Crippen molar-refractivity contribution in [1.29, 1.82) is 0 Å². The van der Waals surface area contributed by atoms with Crippen LogP contribution < -0.4 is 5.32 Å². The Morgan fingerprint density at radius 3 is 2.87 bits per heavy atom. The third-order valence-corrected chi connectivity index (χ3v) is 2.83. The van der Waals surface area contributed by atoms with Crippen molar-refractivity contribution in [2.24, 2.45) is 5.92 Å². The second-order valence-electron chi connectivity index (χ2n) is 3.57. The van der Waals surface area contributed by atoms with E-state index >= 15 is 0 Å². The summed E-state index contributed by atoms with van der Waals surface area (Å²) in [7, 11) is 1.71. The Labute approximate surface area is 104 Å². The van der Waals surface area contributed by atoms with E-state index in [1.807, 2.05) is 18.2 Å². The van der Waals surface area contributed by atoms with E-state index in [4.69, 9.17) is 16.3 Å². The molecule has 0 saturated carbocycles. The van der Waals surface area contributed by atoms with Crippen LogP contribution in [0.4, 0.5) is 5.69 Å². The Hall–Kier alpha value is -0.250. The van der Waals surface area contributed by atoms with Crippen LogP contribution in [0, 0.1) is 5.92 Å². The molecular formula is C11H15BrClNO. The second kappa shape index (κ2) is 6.36. The molecule has 0 aliphatic carbocycles. The normalized spacial score (nSPS) is 12.5. The minimum Gasteiger partial charge on any atom is -0.384 e. The van der Waals surface area contributed by atoms with Gasteiger partial charge in [0.25, 0.3) is 0 Å². The van der Waals surface area contributed by atoms with E-state index < -0.39 is 0 Å². The molecule has 1 aromatic carbocycles. The Kier molecular flexibility index (Phi) is 5.43. The molecule has 2 nitrogen and oxygen atoms in total. The summed E-state index contributed by atoms with van der Waals surface area (Å²) in [5.74, 6) is 0.467. The number of ether oxygens (including phenoxy) is 1. The minimum absolute atomic E-state index is 0.467. The van der Waals surface area contributed by atoms with Gasteiger partial charge in [0, 0.05) is 18.1 Å². The molecule has 0 bridgehead atoms. The molecule has 1 rings (SSSR count). The fourth-order valence-electron chi connectivity index (χ4n) is 1.26. The van der Waals surface area contributed by atoms with Crippen molar-refractivity contribution in [2.45, 2.75) is 6.92 Å². The average Bonchev–Trinajstić information content (AvgIpc) is 2.17. The molecule has 0 aromatic heterocycles. The van der Waals surface area contributed by atoms with Crippen LogP contribution in [-0.4, -0.2) is 20.3 Å². The highest BCUT2D eigenvalue weighted by molar-refractivity contribution is 9.10. The first-order chi connectivity index (χ1) is 7.13. The monoisotopic (exact) mass is 291 g/mol. The van der Waals surface area contributed by atoms with Crippen molar-refractivity contribution in [3.63, 3.8) is 0 Å². The standard InChI is InChI=1S/C11H15BrClNO/c1-8(7-15-2)6-14-11-4-3-9(12)5-10(11)13/h3-5,8,14H,6-7H2,1-2H3. The molecule has 0 aliphatic rings. The number of hydrogen-bond acceptors (Lipinski definition) is 2. The summed E-state index contributed by atoms with van der Waals surface area (Å²) < 4.78 is 6.05. The number of benzene rings is 1. The van der Waals surface area contributed by atoms with Gasteiger partial charge in [0.15, 0.2) is 0 Å². The Balaban J connectivity index is 2.50. The maximum Gasteiger partial charge on any atom is 0.0648 e. The fraction of sp³-hybridized carbons (Fsp3) is 0.455. The van der Waals surface area contributed by atoms with Gasteiger partial charge in [-0.1, -0.05) is 34.5 Å². The zero-order valence-corrected chi connectivity index (χ0v) is 11.2. The van der Waals surface area contributed by atoms with Crippen LogP contribution in [0.15, 0.2) is 22.7 Å². The van der Waals surface area contributed by atoms with E-state index in [0.717, 1.165) is 28.3 Å². The summed E-state index contributed by atoms with van der Waals surface area (Å²) in [5.41, 5.74) is 0.961. The average molecular weight is 293 g/mol. The van der Waals surface area contributed by atoms with Crippen molar-refractivity contribution in [3.05, 3.63) is 27.7 Å². The lowest BCUT2D eigenvalue weighted by molar-refractivity contribution is 0.164. The first kappa shape index (κ1) is 12.8. The first-order valence-corrected chi connectivity index (χ1v) is 5.98. The van der Waals surface area contributed by atoms with Crippen LogP contribution in [0.1, 0.15) is 6.92 Å². The maximum absolute atomic E-state index is 6.07. The second-order valence-corrected chi connectivity index (χ2v) is 4.89. The molecule has 15 heavy (non-hydrogen) atoms. The Morgan fingerprint density at radius 2 is 2.27 bits per heavy atom. The minimum atomic E-state index is 0.467. The highest BCUT2D eigenvalue weighted by atomic mass is 79.9. The summed E-state index contributed by atoms with van der Waals surface area (Å²) in [6, 6.07) is 5.81.